The zero-order valence-electron chi connectivity index (χ0n) is 14.8. The predicted molar refractivity (Wildman–Crippen MR) is 103 cm³/mol. The van der Waals surface area contributed by atoms with Gasteiger partial charge in [0.15, 0.2) is 0 Å². The Morgan fingerprint density at radius 2 is 1.72 bits per heavy atom. The third-order valence-corrected chi connectivity index (χ3v) is 5.32. The number of rotatable bonds is 4. The highest BCUT2D eigenvalue weighted by molar-refractivity contribution is 5.81. The highest BCUT2D eigenvalue weighted by Gasteiger charge is 2.14. The molecule has 2 aliphatic rings. The van der Waals surface area contributed by atoms with Crippen LogP contribution in [0.15, 0.2) is 47.7 Å². The van der Waals surface area contributed by atoms with Gasteiger partial charge >= 0.3 is 0 Å². The number of benzene rings is 1. The summed E-state index contributed by atoms with van der Waals surface area (Å²) in [5.74, 6) is 0. The highest BCUT2D eigenvalue weighted by Crippen LogP contribution is 2.28. The molecule has 132 valence electrons. The lowest BCUT2D eigenvalue weighted by Crippen LogP contribution is -2.36. The number of morpholine rings is 1. The molecule has 4 heteroatoms. The predicted octanol–water partition coefficient (Wildman–Crippen LogP) is 4.58. The van der Waals surface area contributed by atoms with Gasteiger partial charge in [-0.05, 0) is 43.2 Å². The van der Waals surface area contributed by atoms with Crippen LogP contribution in [-0.4, -0.2) is 37.1 Å². The summed E-state index contributed by atoms with van der Waals surface area (Å²) in [6.07, 6.45) is 13.2. The lowest BCUT2D eigenvalue weighted by molar-refractivity contribution is 0.122. The minimum Gasteiger partial charge on any atom is -0.378 e. The number of aromatic nitrogens is 1. The molecule has 4 rings (SSSR count). The molecule has 4 nitrogen and oxygen atoms in total. The van der Waals surface area contributed by atoms with E-state index < -0.39 is 0 Å². The fraction of sp³-hybridized carbons (Fsp3) is 0.476. The van der Waals surface area contributed by atoms with Gasteiger partial charge < -0.3 is 14.2 Å². The van der Waals surface area contributed by atoms with Crippen LogP contribution >= 0.6 is 0 Å². The van der Waals surface area contributed by atoms with E-state index in [0.29, 0.717) is 6.04 Å². The van der Waals surface area contributed by atoms with Crippen molar-refractivity contribution in [2.24, 2.45) is 4.99 Å². The van der Waals surface area contributed by atoms with E-state index in [2.05, 4.69) is 57.2 Å². The Hall–Kier alpha value is -2.07. The largest absolute Gasteiger partial charge is 0.378 e. The van der Waals surface area contributed by atoms with Crippen LogP contribution in [-0.2, 0) is 4.74 Å². The first kappa shape index (κ1) is 16.4. The lowest BCUT2D eigenvalue weighted by atomic mass is 9.95. The standard InChI is InChI=1S/C21H27N3O/c1-2-4-20(5-3-1)24-11-10-18(17-24)16-22-19-6-8-21(9-7-19)23-12-14-25-15-13-23/h6-11,16-17,20H,1-5,12-15H2. The van der Waals surface area contributed by atoms with Gasteiger partial charge in [0.2, 0.25) is 0 Å². The van der Waals surface area contributed by atoms with Crippen molar-refractivity contribution in [3.05, 3.63) is 48.3 Å². The molecular formula is C21H27N3O. The molecule has 1 saturated carbocycles. The van der Waals surface area contributed by atoms with E-state index in [1.807, 2.05) is 6.21 Å². The van der Waals surface area contributed by atoms with Crippen molar-refractivity contribution in [3.8, 4) is 0 Å². The first-order valence-corrected chi connectivity index (χ1v) is 9.53. The summed E-state index contributed by atoms with van der Waals surface area (Å²) in [5.41, 5.74) is 3.44. The topological polar surface area (TPSA) is 29.8 Å². The van der Waals surface area contributed by atoms with Crippen molar-refractivity contribution in [2.45, 2.75) is 38.1 Å². The summed E-state index contributed by atoms with van der Waals surface area (Å²) in [5, 5.41) is 0. The van der Waals surface area contributed by atoms with E-state index in [4.69, 9.17) is 4.74 Å². The van der Waals surface area contributed by atoms with Gasteiger partial charge in [0.1, 0.15) is 0 Å². The van der Waals surface area contributed by atoms with Crippen LogP contribution < -0.4 is 4.90 Å². The zero-order chi connectivity index (χ0) is 16.9. The van der Waals surface area contributed by atoms with Crippen molar-refractivity contribution in [2.75, 3.05) is 31.2 Å². The molecule has 0 amide bonds. The Labute approximate surface area is 150 Å². The third kappa shape index (κ3) is 4.13. The Balaban J connectivity index is 1.38. The quantitative estimate of drug-likeness (QED) is 0.764. The molecule has 2 fully saturated rings. The molecule has 2 aromatic rings. The summed E-state index contributed by atoms with van der Waals surface area (Å²) in [4.78, 5) is 7.00. The van der Waals surface area contributed by atoms with Gasteiger partial charge in [0.25, 0.3) is 0 Å². The highest BCUT2D eigenvalue weighted by atomic mass is 16.5. The normalized spacial score (nSPS) is 19.6. The van der Waals surface area contributed by atoms with Crippen LogP contribution in [0.5, 0.6) is 0 Å². The van der Waals surface area contributed by atoms with Gasteiger partial charge in [0, 0.05) is 49.0 Å². The van der Waals surface area contributed by atoms with Gasteiger partial charge in [-0.25, -0.2) is 0 Å². The molecular weight excluding hydrogens is 310 g/mol. The second-order valence-electron chi connectivity index (χ2n) is 7.06. The van der Waals surface area contributed by atoms with Crippen LogP contribution in [0.25, 0.3) is 0 Å². The molecule has 0 radical (unpaired) electrons. The van der Waals surface area contributed by atoms with E-state index in [-0.39, 0.29) is 0 Å². The molecule has 1 aromatic carbocycles. The van der Waals surface area contributed by atoms with E-state index in [9.17, 15) is 0 Å². The second-order valence-corrected chi connectivity index (χ2v) is 7.06. The SMILES string of the molecule is C(=Nc1ccc(N2CCOCC2)cc1)c1ccn(C2CCCCC2)c1. The maximum atomic E-state index is 5.41. The van der Waals surface area contributed by atoms with E-state index >= 15 is 0 Å². The minimum atomic E-state index is 0.684. The maximum Gasteiger partial charge on any atom is 0.0642 e. The molecule has 0 bridgehead atoms. The van der Waals surface area contributed by atoms with Crippen molar-refractivity contribution in [1.29, 1.82) is 0 Å². The van der Waals surface area contributed by atoms with Crippen LogP contribution in [0.4, 0.5) is 11.4 Å². The fourth-order valence-electron chi connectivity index (χ4n) is 3.83. The van der Waals surface area contributed by atoms with Crippen LogP contribution in [0.2, 0.25) is 0 Å². The van der Waals surface area contributed by atoms with Gasteiger partial charge in [-0.1, -0.05) is 19.3 Å². The molecule has 0 atom stereocenters. The van der Waals surface area contributed by atoms with Crippen molar-refractivity contribution < 1.29 is 4.74 Å². The summed E-state index contributed by atoms with van der Waals surface area (Å²) >= 11 is 0. The smallest absolute Gasteiger partial charge is 0.0642 e. The molecule has 0 spiro atoms. The number of hydrogen-bond donors (Lipinski definition) is 0. The Bertz CT molecular complexity index is 692. The Morgan fingerprint density at radius 3 is 2.48 bits per heavy atom. The first-order chi connectivity index (χ1) is 12.4. The fourth-order valence-corrected chi connectivity index (χ4v) is 3.83. The summed E-state index contributed by atoms with van der Waals surface area (Å²) in [6, 6.07) is 11.4. The average Bonchev–Trinajstić information content (AvgIpc) is 3.17. The molecule has 1 saturated heterocycles. The molecule has 25 heavy (non-hydrogen) atoms. The van der Waals surface area contributed by atoms with Gasteiger partial charge in [0.05, 0.1) is 18.9 Å². The molecule has 0 N–H and O–H groups in total. The second kappa shape index (κ2) is 7.87. The van der Waals surface area contributed by atoms with Crippen molar-refractivity contribution in [3.63, 3.8) is 0 Å². The van der Waals surface area contributed by atoms with Gasteiger partial charge in [-0.15, -0.1) is 0 Å². The number of nitrogens with zero attached hydrogens (tertiary/aromatic N) is 3. The minimum absolute atomic E-state index is 0.684. The lowest BCUT2D eigenvalue weighted by Gasteiger charge is -2.28. The molecule has 2 heterocycles. The molecule has 1 aromatic heterocycles. The van der Waals surface area contributed by atoms with Gasteiger partial charge in [-0.2, -0.15) is 0 Å². The molecule has 1 aliphatic carbocycles. The van der Waals surface area contributed by atoms with Crippen LogP contribution in [0, 0.1) is 0 Å². The summed E-state index contributed by atoms with van der Waals surface area (Å²) in [7, 11) is 0. The number of anilines is 1. The number of ether oxygens (including phenoxy) is 1. The van der Waals surface area contributed by atoms with E-state index in [1.165, 1.54) is 43.4 Å². The number of hydrogen-bond acceptors (Lipinski definition) is 3. The first-order valence-electron chi connectivity index (χ1n) is 9.53. The van der Waals surface area contributed by atoms with Crippen LogP contribution in [0.3, 0.4) is 0 Å². The van der Waals surface area contributed by atoms with Crippen molar-refractivity contribution in [1.82, 2.24) is 4.57 Å². The molecule has 0 unspecified atom stereocenters. The molecule has 1 aliphatic heterocycles. The maximum absolute atomic E-state index is 5.41. The van der Waals surface area contributed by atoms with Gasteiger partial charge in [-0.3, -0.25) is 4.99 Å². The van der Waals surface area contributed by atoms with Crippen molar-refractivity contribution >= 4 is 17.6 Å². The van der Waals surface area contributed by atoms with E-state index in [0.717, 1.165) is 32.0 Å². The Morgan fingerprint density at radius 1 is 0.960 bits per heavy atom. The average molecular weight is 337 g/mol. The monoisotopic (exact) mass is 337 g/mol. The van der Waals surface area contributed by atoms with Crippen LogP contribution in [0.1, 0.15) is 43.7 Å². The Kier molecular flexibility index (Phi) is 5.17. The summed E-state index contributed by atoms with van der Waals surface area (Å²) < 4.78 is 7.79. The number of aliphatic imine (C=N–C) groups is 1. The summed E-state index contributed by atoms with van der Waals surface area (Å²) in [6.45, 7) is 3.57. The zero-order valence-corrected chi connectivity index (χ0v) is 14.8. The van der Waals surface area contributed by atoms with E-state index in [1.54, 1.807) is 0 Å². The third-order valence-electron chi connectivity index (χ3n) is 5.32.